The molecule has 0 amide bonds. The molecule has 2 aromatic heterocycles. The van der Waals surface area contributed by atoms with E-state index in [1.54, 1.807) is 0 Å². The van der Waals surface area contributed by atoms with E-state index in [2.05, 4.69) is 228 Å². The fourth-order valence-corrected chi connectivity index (χ4v) is 9.69. The molecule has 0 spiro atoms. The highest BCUT2D eigenvalue weighted by molar-refractivity contribution is 7.26. The molecule has 11 rings (SSSR count). The zero-order valence-electron chi connectivity index (χ0n) is 31.1. The van der Waals surface area contributed by atoms with E-state index in [1.165, 1.54) is 75.4 Å². The normalized spacial score (nSPS) is 11.5. The topological polar surface area (TPSA) is 8.17 Å². The molecule has 3 heteroatoms. The Labute approximate surface area is 335 Å². The number of nitrogens with zero attached hydrogens (tertiary/aromatic N) is 2. The Kier molecular flexibility index (Phi) is 8.04. The number of rotatable bonds is 7. The molecule has 57 heavy (non-hydrogen) atoms. The Balaban J connectivity index is 1.14. The molecule has 0 radical (unpaired) electrons. The minimum absolute atomic E-state index is 1.10. The Morgan fingerprint density at radius 2 is 0.842 bits per heavy atom. The van der Waals surface area contributed by atoms with Gasteiger partial charge in [-0.3, -0.25) is 0 Å². The SMILES string of the molecule is c1ccc(-c2ccc(N(c3ccc(-c4ccccc4)cc3)c3cc(-c4ccc5c(c4)c4ccccc4n5-c4ccccc4)c4sc5ccccc5c4c3)cc2)cc1. The van der Waals surface area contributed by atoms with Gasteiger partial charge in [0, 0.05) is 59.3 Å². The molecule has 0 bridgehead atoms. The van der Waals surface area contributed by atoms with Crippen LogP contribution in [0.2, 0.25) is 0 Å². The summed E-state index contributed by atoms with van der Waals surface area (Å²) in [5.41, 5.74) is 14.1. The van der Waals surface area contributed by atoms with Gasteiger partial charge in [0.1, 0.15) is 0 Å². The van der Waals surface area contributed by atoms with Crippen LogP contribution < -0.4 is 4.90 Å². The van der Waals surface area contributed by atoms with Gasteiger partial charge in [0.25, 0.3) is 0 Å². The highest BCUT2D eigenvalue weighted by Gasteiger charge is 2.20. The summed E-state index contributed by atoms with van der Waals surface area (Å²) < 4.78 is 4.98. The molecule has 0 N–H and O–H groups in total. The lowest BCUT2D eigenvalue weighted by Gasteiger charge is -2.27. The van der Waals surface area contributed by atoms with E-state index in [-0.39, 0.29) is 0 Å². The first-order valence-corrected chi connectivity index (χ1v) is 20.2. The third-order valence-corrected chi connectivity index (χ3v) is 12.4. The first-order valence-electron chi connectivity index (χ1n) is 19.4. The van der Waals surface area contributed by atoms with Gasteiger partial charge >= 0.3 is 0 Å². The molecule has 0 fully saturated rings. The van der Waals surface area contributed by atoms with Crippen LogP contribution in [0.5, 0.6) is 0 Å². The number of aromatic nitrogens is 1. The average molecular weight is 745 g/mol. The van der Waals surface area contributed by atoms with Crippen molar-refractivity contribution in [1.29, 1.82) is 0 Å². The number of fused-ring (bicyclic) bond motifs is 6. The van der Waals surface area contributed by atoms with Crippen LogP contribution in [0.4, 0.5) is 17.1 Å². The first-order chi connectivity index (χ1) is 28.3. The van der Waals surface area contributed by atoms with Gasteiger partial charge in [0.15, 0.2) is 0 Å². The molecule has 0 unspecified atom stereocenters. The summed E-state index contributed by atoms with van der Waals surface area (Å²) in [6, 6.07) is 79.4. The minimum atomic E-state index is 1.10. The van der Waals surface area contributed by atoms with Crippen LogP contribution in [0, 0.1) is 0 Å². The molecular formula is C54H36N2S. The zero-order chi connectivity index (χ0) is 37.7. The average Bonchev–Trinajstić information content (AvgIpc) is 3.83. The van der Waals surface area contributed by atoms with Crippen LogP contribution in [0.1, 0.15) is 0 Å². The van der Waals surface area contributed by atoms with Crippen LogP contribution in [-0.2, 0) is 0 Å². The maximum atomic E-state index is 2.42. The fourth-order valence-electron chi connectivity index (χ4n) is 8.47. The molecular weight excluding hydrogens is 709 g/mol. The van der Waals surface area contributed by atoms with Crippen molar-refractivity contribution in [2.45, 2.75) is 0 Å². The van der Waals surface area contributed by atoms with E-state index in [1.807, 2.05) is 11.3 Å². The van der Waals surface area contributed by atoms with Gasteiger partial charge in [0.2, 0.25) is 0 Å². The molecule has 268 valence electrons. The number of para-hydroxylation sites is 2. The van der Waals surface area contributed by atoms with Crippen LogP contribution >= 0.6 is 11.3 Å². The summed E-state index contributed by atoms with van der Waals surface area (Å²) in [4.78, 5) is 2.42. The summed E-state index contributed by atoms with van der Waals surface area (Å²) >= 11 is 1.88. The second-order valence-corrected chi connectivity index (χ2v) is 15.6. The number of anilines is 3. The maximum Gasteiger partial charge on any atom is 0.0541 e. The highest BCUT2D eigenvalue weighted by atomic mass is 32.1. The van der Waals surface area contributed by atoms with E-state index >= 15 is 0 Å². The van der Waals surface area contributed by atoms with Crippen LogP contribution in [0.15, 0.2) is 218 Å². The van der Waals surface area contributed by atoms with Gasteiger partial charge in [-0.15, -0.1) is 11.3 Å². The molecule has 0 aliphatic carbocycles. The molecule has 9 aromatic carbocycles. The molecule has 0 saturated heterocycles. The van der Waals surface area contributed by atoms with Gasteiger partial charge < -0.3 is 9.47 Å². The summed E-state index contributed by atoms with van der Waals surface area (Å²) in [5.74, 6) is 0. The molecule has 2 heterocycles. The predicted molar refractivity (Wildman–Crippen MR) is 245 cm³/mol. The summed E-state index contributed by atoms with van der Waals surface area (Å²) in [7, 11) is 0. The molecule has 0 atom stereocenters. The third kappa shape index (κ3) is 5.80. The maximum absolute atomic E-state index is 2.42. The number of hydrogen-bond acceptors (Lipinski definition) is 2. The lowest BCUT2D eigenvalue weighted by atomic mass is 9.98. The smallest absolute Gasteiger partial charge is 0.0541 e. The van der Waals surface area contributed by atoms with E-state index < -0.39 is 0 Å². The van der Waals surface area contributed by atoms with Gasteiger partial charge in [-0.2, -0.15) is 0 Å². The molecule has 11 aromatic rings. The largest absolute Gasteiger partial charge is 0.310 e. The standard InChI is InChI=1S/C54H36N2S/c1-4-14-37(15-5-1)39-24-29-43(30-25-39)55(44-31-26-40(27-32-44)38-16-6-2-7-17-38)45-35-48(54-50(36-45)47-21-11-13-23-53(47)57-54)41-28-33-52-49(34-41)46-20-10-12-22-51(46)56(52)42-18-8-3-9-19-42/h1-36H. The van der Waals surface area contributed by atoms with Crippen molar-refractivity contribution >= 4 is 70.4 Å². The summed E-state index contributed by atoms with van der Waals surface area (Å²) in [6.07, 6.45) is 0. The second kappa shape index (κ2) is 13.8. The second-order valence-electron chi connectivity index (χ2n) is 14.5. The Morgan fingerprint density at radius 3 is 1.49 bits per heavy atom. The monoisotopic (exact) mass is 744 g/mol. The highest BCUT2D eigenvalue weighted by Crippen LogP contribution is 2.47. The zero-order valence-corrected chi connectivity index (χ0v) is 31.9. The molecule has 0 aliphatic rings. The minimum Gasteiger partial charge on any atom is -0.310 e. The summed E-state index contributed by atoms with van der Waals surface area (Å²) in [5, 5.41) is 5.04. The number of thiophene rings is 1. The van der Waals surface area contributed by atoms with Crippen LogP contribution in [0.3, 0.4) is 0 Å². The lowest BCUT2D eigenvalue weighted by molar-refractivity contribution is 1.18. The van der Waals surface area contributed by atoms with Gasteiger partial charge in [-0.1, -0.05) is 146 Å². The van der Waals surface area contributed by atoms with Crippen molar-refractivity contribution in [2.24, 2.45) is 0 Å². The van der Waals surface area contributed by atoms with Crippen molar-refractivity contribution in [1.82, 2.24) is 4.57 Å². The molecule has 0 saturated carbocycles. The quantitative estimate of drug-likeness (QED) is 0.158. The lowest BCUT2D eigenvalue weighted by Crippen LogP contribution is -2.10. The van der Waals surface area contributed by atoms with Crippen molar-refractivity contribution in [3.63, 3.8) is 0 Å². The van der Waals surface area contributed by atoms with E-state index in [4.69, 9.17) is 0 Å². The van der Waals surface area contributed by atoms with Crippen molar-refractivity contribution < 1.29 is 0 Å². The summed E-state index contributed by atoms with van der Waals surface area (Å²) in [6.45, 7) is 0. The van der Waals surface area contributed by atoms with Crippen LogP contribution in [-0.4, -0.2) is 4.57 Å². The van der Waals surface area contributed by atoms with Gasteiger partial charge in [-0.05, 0) is 101 Å². The Morgan fingerprint density at radius 1 is 0.333 bits per heavy atom. The van der Waals surface area contributed by atoms with E-state index in [9.17, 15) is 0 Å². The first kappa shape index (κ1) is 33.2. The molecule has 0 aliphatic heterocycles. The van der Waals surface area contributed by atoms with Crippen molar-refractivity contribution in [3.05, 3.63) is 218 Å². The number of hydrogen-bond donors (Lipinski definition) is 0. The van der Waals surface area contributed by atoms with Crippen LogP contribution in [0.25, 0.3) is 81.0 Å². The predicted octanol–water partition coefficient (Wildman–Crippen LogP) is 15.6. The van der Waals surface area contributed by atoms with Gasteiger partial charge in [0.05, 0.1) is 11.0 Å². The van der Waals surface area contributed by atoms with E-state index in [0.717, 1.165) is 22.7 Å². The Hall–Kier alpha value is -7.20. The van der Waals surface area contributed by atoms with Crippen molar-refractivity contribution in [3.8, 4) is 39.1 Å². The third-order valence-electron chi connectivity index (χ3n) is 11.2. The molecule has 2 nitrogen and oxygen atoms in total. The van der Waals surface area contributed by atoms with E-state index in [0.29, 0.717) is 0 Å². The fraction of sp³-hybridized carbons (Fsp3) is 0. The Bertz CT molecular complexity index is 3120. The van der Waals surface area contributed by atoms with Gasteiger partial charge in [-0.25, -0.2) is 0 Å². The van der Waals surface area contributed by atoms with Crippen molar-refractivity contribution in [2.75, 3.05) is 4.90 Å². The number of benzene rings is 9.